The molecule has 0 saturated heterocycles. The van der Waals surface area contributed by atoms with Gasteiger partial charge in [-0.25, -0.2) is 4.98 Å². The second-order valence-electron chi connectivity index (χ2n) is 10.2. The first kappa shape index (κ1) is 25.4. The van der Waals surface area contributed by atoms with E-state index in [1.54, 1.807) is 18.2 Å². The van der Waals surface area contributed by atoms with Crippen LogP contribution >= 0.6 is 0 Å². The van der Waals surface area contributed by atoms with E-state index in [4.69, 9.17) is 9.72 Å². The number of methoxy groups -OCH3 is 1. The number of aromatic nitrogens is 2. The number of para-hydroxylation sites is 1. The molecule has 5 aromatic carbocycles. The van der Waals surface area contributed by atoms with Crippen LogP contribution in [-0.2, 0) is 11.3 Å². The number of aromatic amines is 1. The number of hydrogen-bond donors (Lipinski definition) is 3. The van der Waals surface area contributed by atoms with Gasteiger partial charge in [0, 0.05) is 27.9 Å². The highest BCUT2D eigenvalue weighted by Gasteiger charge is 2.17. The number of amides is 1. The molecule has 0 aliphatic heterocycles. The first-order valence-electron chi connectivity index (χ1n) is 13.7. The number of H-pyrrole nitrogens is 1. The molecule has 0 spiro atoms. The number of nitrogens with one attached hydrogen (secondary N) is 2. The Morgan fingerprint density at radius 3 is 2.43 bits per heavy atom. The summed E-state index contributed by atoms with van der Waals surface area (Å²) in [5.41, 5.74) is 5.38. The van der Waals surface area contributed by atoms with Crippen molar-refractivity contribution in [3.8, 4) is 22.8 Å². The molecule has 7 rings (SSSR count). The van der Waals surface area contributed by atoms with Crippen LogP contribution in [-0.4, -0.2) is 28.1 Å². The smallest absolute Gasteiger partial charge is 0.244 e. The van der Waals surface area contributed by atoms with Crippen LogP contribution in [0.15, 0.2) is 109 Å². The second-order valence-corrected chi connectivity index (χ2v) is 10.2. The van der Waals surface area contributed by atoms with Crippen LogP contribution in [0.3, 0.4) is 0 Å². The zero-order chi connectivity index (χ0) is 28.6. The summed E-state index contributed by atoms with van der Waals surface area (Å²) >= 11 is 0. The summed E-state index contributed by atoms with van der Waals surface area (Å²) < 4.78 is 5.16. The predicted octanol–water partition coefficient (Wildman–Crippen LogP) is 7.73. The topological polar surface area (TPSA) is 87.2 Å². The Balaban J connectivity index is 1.30. The molecular weight excluding hydrogens is 522 g/mol. The highest BCUT2D eigenvalue weighted by molar-refractivity contribution is 6.18. The molecule has 204 valence electrons. The summed E-state index contributed by atoms with van der Waals surface area (Å²) in [6.07, 6.45) is 3.15. The highest BCUT2D eigenvalue weighted by Crippen LogP contribution is 2.39. The molecule has 0 aliphatic carbocycles. The molecule has 0 fully saturated rings. The van der Waals surface area contributed by atoms with E-state index in [0.717, 1.165) is 55.1 Å². The van der Waals surface area contributed by atoms with Crippen molar-refractivity contribution in [1.29, 1.82) is 0 Å². The number of benzene rings is 5. The fourth-order valence-corrected chi connectivity index (χ4v) is 5.64. The highest BCUT2D eigenvalue weighted by atomic mass is 16.5. The molecule has 0 atom stereocenters. The largest absolute Gasteiger partial charge is 0.504 e. The molecule has 0 saturated carbocycles. The van der Waals surface area contributed by atoms with Gasteiger partial charge in [-0.1, -0.05) is 72.8 Å². The lowest BCUT2D eigenvalue weighted by atomic mass is 9.94. The van der Waals surface area contributed by atoms with Crippen molar-refractivity contribution in [2.24, 2.45) is 0 Å². The number of rotatable bonds is 6. The van der Waals surface area contributed by atoms with Gasteiger partial charge >= 0.3 is 0 Å². The first-order valence-corrected chi connectivity index (χ1v) is 13.7. The summed E-state index contributed by atoms with van der Waals surface area (Å²) in [5.74, 6) is 0.149. The number of carbonyl (C=O) groups excluding carboxylic acids is 1. The summed E-state index contributed by atoms with van der Waals surface area (Å²) in [4.78, 5) is 21.5. The summed E-state index contributed by atoms with van der Waals surface area (Å²) in [5, 5.41) is 19.6. The summed E-state index contributed by atoms with van der Waals surface area (Å²) in [7, 11) is 1.49. The number of pyridine rings is 1. The molecule has 3 N–H and O–H groups in total. The van der Waals surface area contributed by atoms with Crippen LogP contribution in [0.25, 0.3) is 60.7 Å². The van der Waals surface area contributed by atoms with Gasteiger partial charge in [-0.3, -0.25) is 4.79 Å². The fraction of sp³-hybridized carbons (Fsp3) is 0.0556. The molecule has 0 radical (unpaired) electrons. The molecule has 2 heterocycles. The quantitative estimate of drug-likeness (QED) is 0.146. The van der Waals surface area contributed by atoms with E-state index in [0.29, 0.717) is 5.75 Å². The third-order valence-electron chi connectivity index (χ3n) is 7.65. The average molecular weight is 550 g/mol. The van der Waals surface area contributed by atoms with Crippen molar-refractivity contribution in [2.75, 3.05) is 7.11 Å². The van der Waals surface area contributed by atoms with Crippen LogP contribution in [0.1, 0.15) is 11.3 Å². The molecule has 6 nitrogen and oxygen atoms in total. The van der Waals surface area contributed by atoms with E-state index in [-0.39, 0.29) is 18.2 Å². The van der Waals surface area contributed by atoms with Gasteiger partial charge in [-0.2, -0.15) is 0 Å². The lowest BCUT2D eigenvalue weighted by Gasteiger charge is -2.13. The second kappa shape index (κ2) is 10.4. The molecule has 6 heteroatoms. The van der Waals surface area contributed by atoms with Crippen molar-refractivity contribution in [1.82, 2.24) is 15.3 Å². The Morgan fingerprint density at radius 1 is 0.857 bits per heavy atom. The maximum atomic E-state index is 12.8. The van der Waals surface area contributed by atoms with Crippen molar-refractivity contribution in [3.05, 3.63) is 120 Å². The van der Waals surface area contributed by atoms with Gasteiger partial charge in [-0.15, -0.1) is 0 Å². The van der Waals surface area contributed by atoms with Crippen molar-refractivity contribution in [3.63, 3.8) is 0 Å². The van der Waals surface area contributed by atoms with Crippen molar-refractivity contribution < 1.29 is 14.6 Å². The Bertz CT molecular complexity index is 2180. The SMILES string of the molecule is COc1cc(/C=C/C(=O)NCc2cc3c([nH]c4ccccc43)c(-c3cc4ccccc4c4ccccc34)n2)ccc1O. The maximum Gasteiger partial charge on any atom is 0.244 e. The van der Waals surface area contributed by atoms with Gasteiger partial charge < -0.3 is 20.1 Å². The Kier molecular flexibility index (Phi) is 6.28. The van der Waals surface area contributed by atoms with Crippen LogP contribution in [0.4, 0.5) is 0 Å². The minimum atomic E-state index is -0.249. The Hall–Kier alpha value is -5.62. The third-order valence-corrected chi connectivity index (χ3v) is 7.65. The van der Waals surface area contributed by atoms with Gasteiger partial charge in [-0.05, 0) is 63.5 Å². The number of aromatic hydroxyl groups is 1. The average Bonchev–Trinajstić information content (AvgIpc) is 3.41. The van der Waals surface area contributed by atoms with Crippen molar-refractivity contribution >= 4 is 55.3 Å². The molecule has 7 aromatic rings. The molecule has 0 bridgehead atoms. The van der Waals surface area contributed by atoms with Gasteiger partial charge in [0.15, 0.2) is 11.5 Å². The van der Waals surface area contributed by atoms with E-state index >= 15 is 0 Å². The number of phenols is 1. The van der Waals surface area contributed by atoms with E-state index in [1.807, 2.05) is 12.1 Å². The van der Waals surface area contributed by atoms with Gasteiger partial charge in [0.25, 0.3) is 0 Å². The van der Waals surface area contributed by atoms with E-state index in [1.165, 1.54) is 30.0 Å². The van der Waals surface area contributed by atoms with Crippen LogP contribution < -0.4 is 10.1 Å². The number of ether oxygens (including phenoxy) is 1. The minimum absolute atomic E-state index is 0.0489. The van der Waals surface area contributed by atoms with E-state index < -0.39 is 0 Å². The monoisotopic (exact) mass is 549 g/mol. The molecule has 0 aliphatic rings. The van der Waals surface area contributed by atoms with E-state index in [9.17, 15) is 9.90 Å². The van der Waals surface area contributed by atoms with Crippen molar-refractivity contribution in [2.45, 2.75) is 6.54 Å². The number of fused-ring (bicyclic) bond motifs is 6. The van der Waals surface area contributed by atoms with Gasteiger partial charge in [0.05, 0.1) is 30.6 Å². The van der Waals surface area contributed by atoms with Crippen LogP contribution in [0, 0.1) is 0 Å². The third kappa shape index (κ3) is 4.49. The minimum Gasteiger partial charge on any atom is -0.504 e. The zero-order valence-electron chi connectivity index (χ0n) is 22.9. The van der Waals surface area contributed by atoms with Gasteiger partial charge in [0.1, 0.15) is 0 Å². The van der Waals surface area contributed by atoms with Crippen LogP contribution in [0.2, 0.25) is 0 Å². The van der Waals surface area contributed by atoms with E-state index in [2.05, 4.69) is 83.1 Å². The predicted molar refractivity (Wildman–Crippen MR) is 170 cm³/mol. The number of carbonyl (C=O) groups is 1. The molecule has 42 heavy (non-hydrogen) atoms. The Morgan fingerprint density at radius 2 is 1.60 bits per heavy atom. The van der Waals surface area contributed by atoms with Crippen LogP contribution in [0.5, 0.6) is 11.5 Å². The molecular formula is C36H27N3O3. The zero-order valence-corrected chi connectivity index (χ0v) is 22.9. The molecule has 0 unspecified atom stereocenters. The maximum absolute atomic E-state index is 12.8. The number of phenolic OH excluding ortho intramolecular Hbond substituents is 1. The summed E-state index contributed by atoms with van der Waals surface area (Å²) in [6.45, 7) is 0.260. The normalized spacial score (nSPS) is 11.6. The first-order chi connectivity index (χ1) is 20.6. The number of hydrogen-bond acceptors (Lipinski definition) is 4. The fourth-order valence-electron chi connectivity index (χ4n) is 5.64. The Labute approximate surface area is 241 Å². The standard InChI is InChI=1S/C36H27N3O3/c1-42-33-18-22(14-16-32(33)40)15-17-34(41)37-21-24-20-30-28-12-6-7-13-31(28)39-36(30)35(38-24)29-19-23-8-2-3-9-25(23)26-10-4-5-11-27(26)29/h2-20,39-40H,21H2,1H3,(H,37,41)/b17-15+. The molecule has 2 aromatic heterocycles. The van der Waals surface area contributed by atoms with Gasteiger partial charge in [0.2, 0.25) is 5.91 Å². The molecule has 1 amide bonds. The summed E-state index contributed by atoms with van der Waals surface area (Å²) in [6, 6.07) is 34.3. The number of nitrogens with zero attached hydrogens (tertiary/aromatic N) is 1. The lowest BCUT2D eigenvalue weighted by Crippen LogP contribution is -2.21. The lowest BCUT2D eigenvalue weighted by molar-refractivity contribution is -0.116.